The van der Waals surface area contributed by atoms with Crippen molar-refractivity contribution < 1.29 is 4.74 Å². The Labute approximate surface area is 133 Å². The second-order valence-electron chi connectivity index (χ2n) is 5.47. The Morgan fingerprint density at radius 3 is 2.48 bits per heavy atom. The van der Waals surface area contributed by atoms with E-state index in [-0.39, 0.29) is 0 Å². The number of nitrogens with one attached hydrogen (secondary N) is 1. The minimum Gasteiger partial charge on any atom is -0.437 e. The smallest absolute Gasteiger partial charge is 0.237 e. The van der Waals surface area contributed by atoms with Crippen LogP contribution in [0.3, 0.4) is 0 Å². The van der Waals surface area contributed by atoms with Crippen LogP contribution in [-0.2, 0) is 6.54 Å². The Morgan fingerprint density at radius 2 is 1.90 bits per heavy atom. The summed E-state index contributed by atoms with van der Waals surface area (Å²) in [6, 6.07) is 4.65. The zero-order valence-electron chi connectivity index (χ0n) is 12.2. The van der Waals surface area contributed by atoms with Crippen LogP contribution < -0.4 is 10.1 Å². The first-order valence-electron chi connectivity index (χ1n) is 7.11. The van der Waals surface area contributed by atoms with Crippen molar-refractivity contribution in [1.82, 2.24) is 15.3 Å². The zero-order valence-corrected chi connectivity index (χ0v) is 13.8. The molecule has 0 spiro atoms. The van der Waals surface area contributed by atoms with E-state index >= 15 is 0 Å². The van der Waals surface area contributed by atoms with Crippen molar-refractivity contribution in [3.8, 4) is 11.6 Å². The fourth-order valence-corrected chi connectivity index (χ4v) is 2.34. The molecule has 1 aliphatic carbocycles. The van der Waals surface area contributed by atoms with Gasteiger partial charge in [-0.2, -0.15) is 0 Å². The van der Waals surface area contributed by atoms with E-state index in [9.17, 15) is 0 Å². The minimum absolute atomic E-state index is 0.520. The molecule has 1 aromatic heterocycles. The number of ether oxygens (including phenoxy) is 1. The van der Waals surface area contributed by atoms with Crippen LogP contribution in [-0.4, -0.2) is 16.0 Å². The van der Waals surface area contributed by atoms with E-state index in [1.807, 2.05) is 26.0 Å². The summed E-state index contributed by atoms with van der Waals surface area (Å²) in [4.78, 5) is 8.70. The number of rotatable bonds is 5. The third-order valence-electron chi connectivity index (χ3n) is 3.46. The monoisotopic (exact) mass is 347 g/mol. The molecule has 1 aliphatic rings. The molecule has 0 unspecified atom stereocenters. The van der Waals surface area contributed by atoms with E-state index in [4.69, 9.17) is 4.74 Å². The highest BCUT2D eigenvalue weighted by atomic mass is 79.9. The Hall–Kier alpha value is -1.46. The third kappa shape index (κ3) is 3.80. The average Bonchev–Trinajstić information content (AvgIpc) is 3.28. The van der Waals surface area contributed by atoms with Gasteiger partial charge in [0.1, 0.15) is 5.75 Å². The number of aromatic nitrogens is 2. The van der Waals surface area contributed by atoms with E-state index in [0.717, 1.165) is 33.6 Å². The van der Waals surface area contributed by atoms with E-state index < -0.39 is 0 Å². The number of nitrogens with zero attached hydrogens (tertiary/aromatic N) is 2. The van der Waals surface area contributed by atoms with Crippen LogP contribution in [0.5, 0.6) is 11.6 Å². The Kier molecular flexibility index (Phi) is 4.22. The van der Waals surface area contributed by atoms with Gasteiger partial charge in [0.05, 0.1) is 18.1 Å². The van der Waals surface area contributed by atoms with Crippen molar-refractivity contribution in [3.63, 3.8) is 0 Å². The molecule has 21 heavy (non-hydrogen) atoms. The number of benzene rings is 1. The van der Waals surface area contributed by atoms with Crippen LogP contribution in [0.25, 0.3) is 0 Å². The van der Waals surface area contributed by atoms with Crippen LogP contribution in [0.4, 0.5) is 0 Å². The van der Waals surface area contributed by atoms with Gasteiger partial charge in [-0.05, 0) is 49.9 Å². The maximum Gasteiger partial charge on any atom is 0.237 e. The second kappa shape index (κ2) is 6.12. The summed E-state index contributed by atoms with van der Waals surface area (Å²) in [5, 5.41) is 3.41. The van der Waals surface area contributed by atoms with Gasteiger partial charge in [-0.15, -0.1) is 0 Å². The molecule has 2 aromatic rings. The topological polar surface area (TPSA) is 47.0 Å². The lowest BCUT2D eigenvalue weighted by Gasteiger charge is -2.09. The third-order valence-corrected chi connectivity index (χ3v) is 4.71. The van der Waals surface area contributed by atoms with E-state index in [1.54, 1.807) is 12.4 Å². The van der Waals surface area contributed by atoms with Crippen LogP contribution in [0, 0.1) is 13.8 Å². The summed E-state index contributed by atoms with van der Waals surface area (Å²) in [7, 11) is 0. The number of halogens is 1. The summed E-state index contributed by atoms with van der Waals surface area (Å²) < 4.78 is 6.89. The molecule has 1 saturated carbocycles. The molecule has 4 nitrogen and oxygen atoms in total. The quantitative estimate of drug-likeness (QED) is 0.890. The van der Waals surface area contributed by atoms with Gasteiger partial charge in [0, 0.05) is 17.1 Å². The standard InChI is InChI=1S/C16H18BrN3O/c1-10-5-14(6-11(2)16(10)17)21-15-9-19-13(8-20-15)7-18-12-3-4-12/h5-6,8-9,12,18H,3-4,7H2,1-2H3. The van der Waals surface area contributed by atoms with E-state index in [0.29, 0.717) is 11.9 Å². The first-order chi connectivity index (χ1) is 10.1. The predicted octanol–water partition coefficient (Wildman–Crippen LogP) is 3.90. The summed E-state index contributed by atoms with van der Waals surface area (Å²) >= 11 is 3.55. The summed E-state index contributed by atoms with van der Waals surface area (Å²) in [6.45, 7) is 4.86. The molecular weight excluding hydrogens is 330 g/mol. The summed E-state index contributed by atoms with van der Waals surface area (Å²) in [5.74, 6) is 1.30. The fourth-order valence-electron chi connectivity index (χ4n) is 2.11. The predicted molar refractivity (Wildman–Crippen MR) is 85.6 cm³/mol. The first-order valence-corrected chi connectivity index (χ1v) is 7.90. The van der Waals surface area contributed by atoms with Gasteiger partial charge in [-0.3, -0.25) is 4.98 Å². The van der Waals surface area contributed by atoms with Crippen LogP contribution in [0.15, 0.2) is 29.0 Å². The molecule has 1 heterocycles. The number of hydrogen-bond acceptors (Lipinski definition) is 4. The van der Waals surface area contributed by atoms with Crippen molar-refractivity contribution >= 4 is 15.9 Å². The number of hydrogen-bond donors (Lipinski definition) is 1. The molecule has 0 radical (unpaired) electrons. The SMILES string of the molecule is Cc1cc(Oc2cnc(CNC3CC3)cn2)cc(C)c1Br. The number of aryl methyl sites for hydroxylation is 2. The molecular formula is C16H18BrN3O. The van der Waals surface area contributed by atoms with Gasteiger partial charge in [-0.25, -0.2) is 4.98 Å². The van der Waals surface area contributed by atoms with Gasteiger partial charge < -0.3 is 10.1 Å². The van der Waals surface area contributed by atoms with Crippen molar-refractivity contribution in [2.24, 2.45) is 0 Å². The van der Waals surface area contributed by atoms with Crippen molar-refractivity contribution in [2.75, 3.05) is 0 Å². The second-order valence-corrected chi connectivity index (χ2v) is 6.27. The van der Waals surface area contributed by atoms with Crippen LogP contribution >= 0.6 is 15.9 Å². The van der Waals surface area contributed by atoms with Crippen molar-refractivity contribution in [3.05, 3.63) is 45.8 Å². The highest BCUT2D eigenvalue weighted by molar-refractivity contribution is 9.10. The van der Waals surface area contributed by atoms with Gasteiger partial charge in [-0.1, -0.05) is 15.9 Å². The van der Waals surface area contributed by atoms with Crippen molar-refractivity contribution in [2.45, 2.75) is 39.3 Å². The van der Waals surface area contributed by atoms with Gasteiger partial charge in [0.25, 0.3) is 0 Å². The Morgan fingerprint density at radius 1 is 1.19 bits per heavy atom. The van der Waals surface area contributed by atoms with Crippen LogP contribution in [0.2, 0.25) is 0 Å². The maximum absolute atomic E-state index is 5.77. The molecule has 3 rings (SSSR count). The molecule has 0 aliphatic heterocycles. The molecule has 0 amide bonds. The Bertz CT molecular complexity index is 615. The zero-order chi connectivity index (χ0) is 14.8. The summed E-state index contributed by atoms with van der Waals surface area (Å²) in [5.41, 5.74) is 3.23. The highest BCUT2D eigenvalue weighted by Crippen LogP contribution is 2.28. The van der Waals surface area contributed by atoms with E-state index in [2.05, 4.69) is 31.2 Å². The van der Waals surface area contributed by atoms with Gasteiger partial charge >= 0.3 is 0 Å². The molecule has 1 fully saturated rings. The van der Waals surface area contributed by atoms with Crippen molar-refractivity contribution in [1.29, 1.82) is 0 Å². The molecule has 0 saturated heterocycles. The van der Waals surface area contributed by atoms with Crippen LogP contribution in [0.1, 0.15) is 29.7 Å². The normalized spacial score (nSPS) is 14.2. The largest absolute Gasteiger partial charge is 0.437 e. The minimum atomic E-state index is 0.520. The molecule has 110 valence electrons. The highest BCUT2D eigenvalue weighted by Gasteiger charge is 2.20. The fraction of sp³-hybridized carbons (Fsp3) is 0.375. The first kappa shape index (κ1) is 14.5. The van der Waals surface area contributed by atoms with Gasteiger partial charge in [0.15, 0.2) is 0 Å². The molecule has 0 bridgehead atoms. The van der Waals surface area contributed by atoms with E-state index in [1.165, 1.54) is 12.8 Å². The molecule has 5 heteroatoms. The average molecular weight is 348 g/mol. The van der Waals surface area contributed by atoms with Gasteiger partial charge in [0.2, 0.25) is 5.88 Å². The molecule has 1 N–H and O–H groups in total. The lowest BCUT2D eigenvalue weighted by molar-refractivity contribution is 0.458. The lowest BCUT2D eigenvalue weighted by atomic mass is 10.1. The maximum atomic E-state index is 5.77. The molecule has 1 aromatic carbocycles. The molecule has 0 atom stereocenters. The Balaban J connectivity index is 1.66. The summed E-state index contributed by atoms with van der Waals surface area (Å²) in [6.07, 6.45) is 5.99. The lowest BCUT2D eigenvalue weighted by Crippen LogP contribution is -2.16.